The Hall–Kier alpha value is -3.06. The van der Waals surface area contributed by atoms with Gasteiger partial charge in [-0.1, -0.05) is 23.4 Å². The summed E-state index contributed by atoms with van der Waals surface area (Å²) in [7, 11) is 0. The van der Waals surface area contributed by atoms with E-state index in [1.165, 1.54) is 0 Å². The van der Waals surface area contributed by atoms with Crippen molar-refractivity contribution in [3.8, 4) is 11.4 Å². The van der Waals surface area contributed by atoms with Crippen molar-refractivity contribution >= 4 is 28.2 Å². The van der Waals surface area contributed by atoms with Gasteiger partial charge in [0.1, 0.15) is 0 Å². The number of carbonyl (C=O) groups is 1. The van der Waals surface area contributed by atoms with E-state index in [1.807, 2.05) is 47.2 Å². The maximum Gasteiger partial charge on any atom is 0.339 e. The van der Waals surface area contributed by atoms with Crippen LogP contribution >= 0.6 is 11.3 Å². The van der Waals surface area contributed by atoms with Gasteiger partial charge in [-0.3, -0.25) is 4.98 Å². The molecule has 0 atom stereocenters. The number of ether oxygens (including phenoxy) is 1. The minimum absolute atomic E-state index is 0.0641. The molecule has 134 valence electrons. The highest BCUT2D eigenvalue weighted by molar-refractivity contribution is 7.08. The number of esters is 1. The molecular formula is C20H15N3O3S. The standard InChI is InChI=1S/C20H15N3O3S/c24-20(25-10-18-22-19(23-26-18)13-7-8-27-11-13)15-9-17(12-5-6-12)21-16-4-2-1-3-14(15)16/h1-4,7-9,11-12H,5-6,10H2. The maximum absolute atomic E-state index is 12.7. The van der Waals surface area contributed by atoms with Gasteiger partial charge in [-0.15, -0.1) is 0 Å². The summed E-state index contributed by atoms with van der Waals surface area (Å²) in [4.78, 5) is 21.7. The highest BCUT2D eigenvalue weighted by atomic mass is 32.1. The smallest absolute Gasteiger partial charge is 0.339 e. The van der Waals surface area contributed by atoms with Crippen LogP contribution in [0.15, 0.2) is 51.7 Å². The van der Waals surface area contributed by atoms with Gasteiger partial charge >= 0.3 is 5.97 Å². The number of nitrogens with zero attached hydrogens (tertiary/aromatic N) is 3. The number of benzene rings is 1. The second-order valence-electron chi connectivity index (χ2n) is 6.49. The van der Waals surface area contributed by atoms with Crippen molar-refractivity contribution in [3.05, 3.63) is 64.3 Å². The normalized spacial score (nSPS) is 13.8. The van der Waals surface area contributed by atoms with Gasteiger partial charge in [0, 0.05) is 27.9 Å². The lowest BCUT2D eigenvalue weighted by Crippen LogP contribution is -2.08. The Morgan fingerprint density at radius 2 is 2.11 bits per heavy atom. The van der Waals surface area contributed by atoms with E-state index < -0.39 is 5.97 Å². The largest absolute Gasteiger partial charge is 0.452 e. The van der Waals surface area contributed by atoms with Crippen LogP contribution in [0.3, 0.4) is 0 Å². The molecule has 0 aliphatic heterocycles. The quantitative estimate of drug-likeness (QED) is 0.474. The number of para-hydroxylation sites is 1. The van der Waals surface area contributed by atoms with E-state index in [9.17, 15) is 4.79 Å². The number of hydrogen-bond acceptors (Lipinski definition) is 7. The molecule has 3 heterocycles. The zero-order valence-electron chi connectivity index (χ0n) is 14.3. The molecule has 0 saturated heterocycles. The third kappa shape index (κ3) is 3.21. The third-order valence-corrected chi connectivity index (χ3v) is 5.21. The average molecular weight is 377 g/mol. The summed E-state index contributed by atoms with van der Waals surface area (Å²) >= 11 is 1.56. The van der Waals surface area contributed by atoms with E-state index in [1.54, 1.807) is 11.3 Å². The van der Waals surface area contributed by atoms with Gasteiger partial charge in [0.2, 0.25) is 5.82 Å². The molecule has 27 heavy (non-hydrogen) atoms. The van der Waals surface area contributed by atoms with Crippen LogP contribution in [-0.2, 0) is 11.3 Å². The molecular weight excluding hydrogens is 362 g/mol. The van der Waals surface area contributed by atoms with E-state index in [4.69, 9.17) is 9.26 Å². The molecule has 1 fully saturated rings. The molecule has 0 unspecified atom stereocenters. The molecule has 1 aromatic carbocycles. The van der Waals surface area contributed by atoms with Crippen LogP contribution in [0.5, 0.6) is 0 Å². The topological polar surface area (TPSA) is 78.1 Å². The molecule has 1 saturated carbocycles. The number of fused-ring (bicyclic) bond motifs is 1. The zero-order chi connectivity index (χ0) is 18.2. The molecule has 5 rings (SSSR count). The molecule has 4 aromatic rings. The van der Waals surface area contributed by atoms with Crippen molar-refractivity contribution in [3.63, 3.8) is 0 Å². The van der Waals surface area contributed by atoms with Crippen molar-refractivity contribution in [1.29, 1.82) is 0 Å². The second kappa shape index (κ2) is 6.59. The van der Waals surface area contributed by atoms with Gasteiger partial charge in [0.25, 0.3) is 5.89 Å². The Kier molecular flexibility index (Phi) is 3.94. The number of aromatic nitrogens is 3. The highest BCUT2D eigenvalue weighted by Gasteiger charge is 2.27. The summed E-state index contributed by atoms with van der Waals surface area (Å²) in [6, 6.07) is 11.4. The van der Waals surface area contributed by atoms with E-state index in [0.717, 1.165) is 35.0 Å². The van der Waals surface area contributed by atoms with E-state index >= 15 is 0 Å². The van der Waals surface area contributed by atoms with Gasteiger partial charge in [-0.05, 0) is 36.4 Å². The van der Waals surface area contributed by atoms with Crippen molar-refractivity contribution in [1.82, 2.24) is 15.1 Å². The van der Waals surface area contributed by atoms with Gasteiger partial charge < -0.3 is 9.26 Å². The molecule has 0 spiro atoms. The zero-order valence-corrected chi connectivity index (χ0v) is 15.1. The number of hydrogen-bond donors (Lipinski definition) is 0. The number of carbonyl (C=O) groups excluding carboxylic acids is 1. The minimum atomic E-state index is -0.411. The Balaban J connectivity index is 1.38. The average Bonchev–Trinajstić information content (AvgIpc) is 3.20. The molecule has 0 N–H and O–H groups in total. The summed E-state index contributed by atoms with van der Waals surface area (Å²) < 4.78 is 10.6. The van der Waals surface area contributed by atoms with Gasteiger partial charge in [-0.2, -0.15) is 16.3 Å². The van der Waals surface area contributed by atoms with Crippen LogP contribution < -0.4 is 0 Å². The molecule has 1 aliphatic carbocycles. The molecule has 7 heteroatoms. The maximum atomic E-state index is 12.7. The first-order chi connectivity index (χ1) is 13.3. The number of pyridine rings is 1. The van der Waals surface area contributed by atoms with Crippen LogP contribution in [0.1, 0.15) is 40.7 Å². The molecule has 1 aliphatic rings. The highest BCUT2D eigenvalue weighted by Crippen LogP contribution is 2.40. The minimum Gasteiger partial charge on any atom is -0.452 e. The Bertz CT molecular complexity index is 1120. The summed E-state index contributed by atoms with van der Waals surface area (Å²) in [5.41, 5.74) is 3.18. The monoisotopic (exact) mass is 377 g/mol. The predicted molar refractivity (Wildman–Crippen MR) is 100 cm³/mol. The molecule has 0 amide bonds. The van der Waals surface area contributed by atoms with Crippen molar-refractivity contribution in [2.24, 2.45) is 0 Å². The first kappa shape index (κ1) is 16.1. The van der Waals surface area contributed by atoms with Gasteiger partial charge in [0.15, 0.2) is 6.61 Å². The molecule has 0 bridgehead atoms. The van der Waals surface area contributed by atoms with Crippen LogP contribution in [0.2, 0.25) is 0 Å². The summed E-state index contributed by atoms with van der Waals surface area (Å²) in [6.07, 6.45) is 2.24. The lowest BCUT2D eigenvalue weighted by molar-refractivity contribution is 0.0432. The van der Waals surface area contributed by atoms with Crippen LogP contribution in [0.25, 0.3) is 22.3 Å². The van der Waals surface area contributed by atoms with E-state index in [2.05, 4.69) is 15.1 Å². The lowest BCUT2D eigenvalue weighted by atomic mass is 10.1. The fourth-order valence-electron chi connectivity index (χ4n) is 2.98. The first-order valence-electron chi connectivity index (χ1n) is 8.70. The predicted octanol–water partition coefficient (Wildman–Crippen LogP) is 4.58. The SMILES string of the molecule is O=C(OCc1nc(-c2ccsc2)no1)c1cc(C2CC2)nc2ccccc12. The van der Waals surface area contributed by atoms with Gasteiger partial charge in [0.05, 0.1) is 11.1 Å². The third-order valence-electron chi connectivity index (χ3n) is 4.53. The van der Waals surface area contributed by atoms with Crippen molar-refractivity contribution < 1.29 is 14.1 Å². The summed E-state index contributed by atoms with van der Waals surface area (Å²) in [5, 5.41) is 8.59. The second-order valence-corrected chi connectivity index (χ2v) is 7.27. The molecule has 3 aromatic heterocycles. The van der Waals surface area contributed by atoms with Gasteiger partial charge in [-0.25, -0.2) is 4.79 Å². The lowest BCUT2D eigenvalue weighted by Gasteiger charge is -2.08. The number of thiophene rings is 1. The molecule has 0 radical (unpaired) electrons. The fraction of sp³-hybridized carbons (Fsp3) is 0.200. The van der Waals surface area contributed by atoms with Crippen LogP contribution in [0, 0.1) is 0 Å². The fourth-order valence-corrected chi connectivity index (χ4v) is 3.61. The first-order valence-corrected chi connectivity index (χ1v) is 9.64. The number of rotatable bonds is 5. The van der Waals surface area contributed by atoms with Crippen molar-refractivity contribution in [2.45, 2.75) is 25.4 Å². The summed E-state index contributed by atoms with van der Waals surface area (Å²) in [6.45, 7) is -0.0641. The van der Waals surface area contributed by atoms with E-state index in [-0.39, 0.29) is 12.5 Å². The van der Waals surface area contributed by atoms with Crippen LogP contribution in [0.4, 0.5) is 0 Å². The molecule has 6 nitrogen and oxygen atoms in total. The van der Waals surface area contributed by atoms with Crippen LogP contribution in [-0.4, -0.2) is 21.1 Å². The Morgan fingerprint density at radius 1 is 1.22 bits per heavy atom. The Morgan fingerprint density at radius 3 is 2.93 bits per heavy atom. The Labute approximate surface area is 158 Å². The summed E-state index contributed by atoms with van der Waals surface area (Å²) in [5.74, 6) is 0.800. The van der Waals surface area contributed by atoms with Crippen molar-refractivity contribution in [2.75, 3.05) is 0 Å². The van der Waals surface area contributed by atoms with E-state index in [0.29, 0.717) is 17.3 Å².